The maximum atomic E-state index is 12.3. The molecule has 0 bridgehead atoms. The second-order valence-corrected chi connectivity index (χ2v) is 6.99. The summed E-state index contributed by atoms with van der Waals surface area (Å²) in [6, 6.07) is 12.5. The van der Waals surface area contributed by atoms with Crippen molar-refractivity contribution in [1.82, 2.24) is 0 Å². The van der Waals surface area contributed by atoms with Gasteiger partial charge in [0.25, 0.3) is 11.6 Å². The summed E-state index contributed by atoms with van der Waals surface area (Å²) in [6.45, 7) is -0.583. The van der Waals surface area contributed by atoms with Crippen molar-refractivity contribution in [2.75, 3.05) is 16.9 Å². The number of hydrazone groups is 1. The van der Waals surface area contributed by atoms with Crippen LogP contribution in [0.1, 0.15) is 12.8 Å². The van der Waals surface area contributed by atoms with Crippen molar-refractivity contribution in [3.63, 3.8) is 0 Å². The van der Waals surface area contributed by atoms with Gasteiger partial charge in [0.1, 0.15) is 5.71 Å². The molecule has 0 fully saturated rings. The number of amides is 2. The molecule has 154 valence electrons. The highest BCUT2D eigenvalue weighted by atomic mass is 79.9. The number of anilines is 2. The number of nitro benzene ring substituents is 1. The van der Waals surface area contributed by atoms with Gasteiger partial charge in [-0.1, -0.05) is 18.2 Å². The minimum atomic E-state index is -0.804. The van der Waals surface area contributed by atoms with E-state index in [4.69, 9.17) is 4.74 Å². The number of carbonyl (C=O) groups is 3. The topological polar surface area (TPSA) is 131 Å². The molecule has 0 saturated carbocycles. The number of rotatable bonds is 6. The molecule has 2 aromatic carbocycles. The Hall–Kier alpha value is -3.60. The molecule has 30 heavy (non-hydrogen) atoms. The molecule has 0 saturated heterocycles. The maximum Gasteiger partial charge on any atom is 0.355 e. The summed E-state index contributed by atoms with van der Waals surface area (Å²) >= 11 is 3.14. The summed E-state index contributed by atoms with van der Waals surface area (Å²) in [7, 11) is 0. The van der Waals surface area contributed by atoms with Gasteiger partial charge in [0.2, 0.25) is 5.91 Å². The Balaban J connectivity index is 1.60. The number of halogens is 1. The normalized spacial score (nSPS) is 13.4. The Labute approximate surface area is 178 Å². The molecule has 1 N–H and O–H groups in total. The third-order valence-electron chi connectivity index (χ3n) is 4.04. The number of para-hydroxylation sites is 1. The standard InChI is InChI=1S/C19H15BrN4O6/c20-14-10-13(24(28)29)6-7-15(14)21-17(25)11-30-19(27)16-8-9-18(26)23(22-16)12-4-2-1-3-5-12/h1-7,10H,8-9,11H2,(H,21,25). The van der Waals surface area contributed by atoms with Gasteiger partial charge in [-0.3, -0.25) is 19.7 Å². The van der Waals surface area contributed by atoms with Gasteiger partial charge in [-0.05, 0) is 34.1 Å². The minimum Gasteiger partial charge on any atom is -0.451 e. The molecule has 0 unspecified atom stereocenters. The van der Waals surface area contributed by atoms with Gasteiger partial charge < -0.3 is 10.1 Å². The van der Waals surface area contributed by atoms with E-state index in [1.54, 1.807) is 30.3 Å². The van der Waals surface area contributed by atoms with E-state index in [0.29, 0.717) is 10.2 Å². The van der Waals surface area contributed by atoms with Crippen LogP contribution in [0.15, 0.2) is 58.1 Å². The monoisotopic (exact) mass is 474 g/mol. The molecule has 2 amide bonds. The first-order chi connectivity index (χ1) is 14.3. The van der Waals surface area contributed by atoms with Gasteiger partial charge in [0.15, 0.2) is 6.61 Å². The fourth-order valence-corrected chi connectivity index (χ4v) is 3.06. The number of hydrogen-bond donors (Lipinski definition) is 1. The first kappa shape index (κ1) is 21.1. The van der Waals surface area contributed by atoms with Crippen LogP contribution in [0.2, 0.25) is 0 Å². The third kappa shape index (κ3) is 5.06. The number of non-ortho nitro benzene ring substituents is 1. The fourth-order valence-electron chi connectivity index (χ4n) is 2.59. The smallest absolute Gasteiger partial charge is 0.355 e. The molecule has 1 heterocycles. The second-order valence-electron chi connectivity index (χ2n) is 6.13. The Morgan fingerprint density at radius 2 is 1.93 bits per heavy atom. The number of benzene rings is 2. The molecule has 10 nitrogen and oxygen atoms in total. The molecule has 11 heteroatoms. The summed E-state index contributed by atoms with van der Waals surface area (Å²) in [5.41, 5.74) is 0.702. The van der Waals surface area contributed by atoms with Gasteiger partial charge in [0.05, 0.1) is 16.3 Å². The number of ether oxygens (including phenoxy) is 1. The van der Waals surface area contributed by atoms with Crippen LogP contribution in [0.25, 0.3) is 0 Å². The lowest BCUT2D eigenvalue weighted by Gasteiger charge is -2.22. The van der Waals surface area contributed by atoms with Crippen LogP contribution in [0.5, 0.6) is 0 Å². The first-order valence-electron chi connectivity index (χ1n) is 8.71. The molecule has 1 aliphatic rings. The highest BCUT2D eigenvalue weighted by Gasteiger charge is 2.26. The highest BCUT2D eigenvalue weighted by molar-refractivity contribution is 9.10. The first-order valence-corrected chi connectivity index (χ1v) is 9.51. The average molecular weight is 475 g/mol. The molecule has 0 spiro atoms. The lowest BCUT2D eigenvalue weighted by Crippen LogP contribution is -2.35. The summed E-state index contributed by atoms with van der Waals surface area (Å²) in [6.07, 6.45) is 0.196. The molecular formula is C19H15BrN4O6. The van der Waals surface area contributed by atoms with Gasteiger partial charge >= 0.3 is 5.97 Å². The van der Waals surface area contributed by atoms with Crippen molar-refractivity contribution in [2.24, 2.45) is 5.10 Å². The van der Waals surface area contributed by atoms with Gasteiger partial charge in [-0.2, -0.15) is 5.10 Å². The lowest BCUT2D eigenvalue weighted by molar-refractivity contribution is -0.384. The third-order valence-corrected chi connectivity index (χ3v) is 4.70. The predicted molar refractivity (Wildman–Crippen MR) is 111 cm³/mol. The van der Waals surface area contributed by atoms with E-state index in [0.717, 1.165) is 5.01 Å². The summed E-state index contributed by atoms with van der Waals surface area (Å²) in [4.78, 5) is 46.6. The van der Waals surface area contributed by atoms with Crippen molar-refractivity contribution in [1.29, 1.82) is 0 Å². The minimum absolute atomic E-state index is 0.0303. The molecule has 1 aliphatic heterocycles. The lowest BCUT2D eigenvalue weighted by atomic mass is 10.1. The summed E-state index contributed by atoms with van der Waals surface area (Å²) < 4.78 is 5.30. The van der Waals surface area contributed by atoms with Crippen LogP contribution in [0.3, 0.4) is 0 Å². The van der Waals surface area contributed by atoms with E-state index in [-0.39, 0.29) is 35.8 Å². The van der Waals surface area contributed by atoms with E-state index in [1.807, 2.05) is 0 Å². The number of nitrogens with one attached hydrogen (secondary N) is 1. The Bertz CT molecular complexity index is 1040. The quantitative estimate of drug-likeness (QED) is 0.388. The largest absolute Gasteiger partial charge is 0.451 e. The second kappa shape index (κ2) is 9.27. The molecule has 0 atom stereocenters. The van der Waals surface area contributed by atoms with Crippen molar-refractivity contribution < 1.29 is 24.0 Å². The number of nitrogens with zero attached hydrogens (tertiary/aromatic N) is 3. The zero-order valence-electron chi connectivity index (χ0n) is 15.4. The zero-order valence-corrected chi connectivity index (χ0v) is 17.0. The summed E-state index contributed by atoms with van der Waals surface area (Å²) in [5, 5.41) is 18.4. The van der Waals surface area contributed by atoms with Crippen LogP contribution in [0.4, 0.5) is 17.1 Å². The predicted octanol–water partition coefficient (Wildman–Crippen LogP) is 3.02. The van der Waals surface area contributed by atoms with Gasteiger partial charge in [-0.15, -0.1) is 0 Å². The van der Waals surface area contributed by atoms with Crippen LogP contribution >= 0.6 is 15.9 Å². The average Bonchev–Trinajstić information content (AvgIpc) is 2.74. The number of hydrogen-bond acceptors (Lipinski definition) is 7. The zero-order chi connectivity index (χ0) is 21.7. The Morgan fingerprint density at radius 3 is 2.60 bits per heavy atom. The van der Waals surface area contributed by atoms with Crippen molar-refractivity contribution >= 4 is 56.5 Å². The molecule has 0 radical (unpaired) electrons. The van der Waals surface area contributed by atoms with Crippen LogP contribution in [-0.4, -0.2) is 35.0 Å². The molecule has 0 aromatic heterocycles. The van der Waals surface area contributed by atoms with E-state index < -0.39 is 23.4 Å². The van der Waals surface area contributed by atoms with Gasteiger partial charge in [0, 0.05) is 29.4 Å². The molecular weight excluding hydrogens is 460 g/mol. The molecule has 0 aliphatic carbocycles. The summed E-state index contributed by atoms with van der Waals surface area (Å²) in [5.74, 6) is -1.69. The number of nitro groups is 1. The molecule has 3 rings (SSSR count). The van der Waals surface area contributed by atoms with Crippen molar-refractivity contribution in [3.05, 3.63) is 63.1 Å². The number of carbonyl (C=O) groups excluding carboxylic acids is 3. The van der Waals surface area contributed by atoms with Crippen LogP contribution in [0, 0.1) is 10.1 Å². The Morgan fingerprint density at radius 1 is 1.20 bits per heavy atom. The highest BCUT2D eigenvalue weighted by Crippen LogP contribution is 2.27. The van der Waals surface area contributed by atoms with E-state index in [2.05, 4.69) is 26.3 Å². The molecule has 2 aromatic rings. The Kier molecular flexibility index (Phi) is 6.52. The van der Waals surface area contributed by atoms with E-state index >= 15 is 0 Å². The number of esters is 1. The van der Waals surface area contributed by atoms with Gasteiger partial charge in [-0.25, -0.2) is 9.80 Å². The SMILES string of the molecule is O=C(COC(=O)C1=NN(c2ccccc2)C(=O)CC1)Nc1ccc([N+](=O)[O-])cc1Br. The van der Waals surface area contributed by atoms with E-state index in [1.165, 1.54) is 18.2 Å². The fraction of sp³-hybridized carbons (Fsp3) is 0.158. The van der Waals surface area contributed by atoms with Crippen LogP contribution < -0.4 is 10.3 Å². The van der Waals surface area contributed by atoms with Crippen LogP contribution in [-0.2, 0) is 19.1 Å². The van der Waals surface area contributed by atoms with Crippen molar-refractivity contribution in [3.8, 4) is 0 Å². The maximum absolute atomic E-state index is 12.3. The van der Waals surface area contributed by atoms with Crippen molar-refractivity contribution in [2.45, 2.75) is 12.8 Å². The van der Waals surface area contributed by atoms with E-state index in [9.17, 15) is 24.5 Å².